The van der Waals surface area contributed by atoms with Crippen LogP contribution in [0.1, 0.15) is 6.92 Å². The van der Waals surface area contributed by atoms with Crippen molar-refractivity contribution in [3.8, 4) is 0 Å². The quantitative estimate of drug-likeness (QED) is 0.519. The van der Waals surface area contributed by atoms with Crippen LogP contribution < -0.4 is 0 Å². The van der Waals surface area contributed by atoms with Gasteiger partial charge in [0.25, 0.3) is 0 Å². The monoisotopic (exact) mass is 125 g/mol. The van der Waals surface area contributed by atoms with Crippen LogP contribution in [0.25, 0.3) is 0 Å². The molecule has 0 aliphatic heterocycles. The van der Waals surface area contributed by atoms with Crippen LogP contribution in [0, 0.1) is 0 Å². The average Bonchev–Trinajstić information content (AvgIpc) is 1.80. The van der Waals surface area contributed by atoms with Crippen LogP contribution in [0.15, 0.2) is 24.3 Å². The van der Waals surface area contributed by atoms with Gasteiger partial charge in [0.2, 0.25) is 0 Å². The number of allylic oxidation sites excluding steroid dienone is 3. The molecule has 0 aliphatic rings. The maximum absolute atomic E-state index is 2.12. The highest BCUT2D eigenvalue weighted by Crippen LogP contribution is 1.78. The molecule has 0 aromatic heterocycles. The van der Waals surface area contributed by atoms with Gasteiger partial charge in [-0.05, 0) is 21.0 Å². The van der Waals surface area contributed by atoms with E-state index in [2.05, 4.69) is 31.1 Å². The Morgan fingerprint density at radius 1 is 1.22 bits per heavy atom. The van der Waals surface area contributed by atoms with Crippen molar-refractivity contribution in [2.24, 2.45) is 0 Å². The van der Waals surface area contributed by atoms with Crippen molar-refractivity contribution in [1.29, 1.82) is 0 Å². The number of likely N-dealkylation sites (N-methyl/N-ethyl adjacent to an activating group) is 1. The van der Waals surface area contributed by atoms with E-state index in [1.54, 1.807) is 0 Å². The third-order valence-corrected chi connectivity index (χ3v) is 0.910. The lowest BCUT2D eigenvalue weighted by atomic mass is 10.4. The molecule has 0 aromatic rings. The summed E-state index contributed by atoms with van der Waals surface area (Å²) >= 11 is 0. The molecule has 0 N–H and O–H groups in total. The standard InChI is InChI=1S/C8H15N/c1-4-5-6-7-8-9(2)3/h4-7H,8H2,1-3H3. The van der Waals surface area contributed by atoms with Gasteiger partial charge in [-0.1, -0.05) is 24.3 Å². The second kappa shape index (κ2) is 5.57. The van der Waals surface area contributed by atoms with Gasteiger partial charge in [0.1, 0.15) is 0 Å². The fourth-order valence-corrected chi connectivity index (χ4v) is 0.461. The van der Waals surface area contributed by atoms with E-state index in [0.717, 1.165) is 6.54 Å². The van der Waals surface area contributed by atoms with Crippen molar-refractivity contribution in [3.63, 3.8) is 0 Å². The molecule has 0 aliphatic carbocycles. The van der Waals surface area contributed by atoms with Crippen LogP contribution in [0.4, 0.5) is 0 Å². The maximum Gasteiger partial charge on any atom is 0.0160 e. The predicted molar refractivity (Wildman–Crippen MR) is 42.5 cm³/mol. The van der Waals surface area contributed by atoms with E-state index < -0.39 is 0 Å². The zero-order valence-electron chi connectivity index (χ0n) is 6.46. The number of hydrogen-bond acceptors (Lipinski definition) is 1. The van der Waals surface area contributed by atoms with Gasteiger partial charge in [0, 0.05) is 6.54 Å². The molecule has 1 nitrogen and oxygen atoms in total. The van der Waals surface area contributed by atoms with Crippen molar-refractivity contribution < 1.29 is 0 Å². The fourth-order valence-electron chi connectivity index (χ4n) is 0.461. The van der Waals surface area contributed by atoms with E-state index in [1.807, 2.05) is 19.1 Å². The molecule has 0 unspecified atom stereocenters. The van der Waals surface area contributed by atoms with Gasteiger partial charge in [-0.3, -0.25) is 0 Å². The van der Waals surface area contributed by atoms with Gasteiger partial charge >= 0.3 is 0 Å². The Morgan fingerprint density at radius 2 is 1.89 bits per heavy atom. The van der Waals surface area contributed by atoms with Crippen LogP contribution in [0.2, 0.25) is 0 Å². The highest BCUT2D eigenvalue weighted by molar-refractivity contribution is 5.01. The van der Waals surface area contributed by atoms with E-state index in [9.17, 15) is 0 Å². The van der Waals surface area contributed by atoms with E-state index in [1.165, 1.54) is 0 Å². The summed E-state index contributed by atoms with van der Waals surface area (Å²) in [5, 5.41) is 0. The maximum atomic E-state index is 2.12. The molecule has 1 heteroatoms. The zero-order chi connectivity index (χ0) is 7.11. The molecule has 0 amide bonds. The minimum absolute atomic E-state index is 1.02. The molecular formula is C8H15N. The Bertz CT molecular complexity index is 101. The Hall–Kier alpha value is -0.560. The molecule has 0 rings (SSSR count). The summed E-state index contributed by atoms with van der Waals surface area (Å²) in [6.07, 6.45) is 8.23. The summed E-state index contributed by atoms with van der Waals surface area (Å²) < 4.78 is 0. The number of nitrogens with zero attached hydrogens (tertiary/aromatic N) is 1. The minimum Gasteiger partial charge on any atom is -0.306 e. The van der Waals surface area contributed by atoms with E-state index in [0.29, 0.717) is 0 Å². The molecular weight excluding hydrogens is 110 g/mol. The topological polar surface area (TPSA) is 3.24 Å². The zero-order valence-corrected chi connectivity index (χ0v) is 6.46. The first-order valence-electron chi connectivity index (χ1n) is 3.20. The Balaban J connectivity index is 3.25. The smallest absolute Gasteiger partial charge is 0.0160 e. The van der Waals surface area contributed by atoms with Gasteiger partial charge in [0.05, 0.1) is 0 Å². The molecule has 0 spiro atoms. The van der Waals surface area contributed by atoms with Gasteiger partial charge in [-0.15, -0.1) is 0 Å². The fraction of sp³-hybridized carbons (Fsp3) is 0.500. The third kappa shape index (κ3) is 7.44. The van der Waals surface area contributed by atoms with Crippen LogP contribution in [-0.4, -0.2) is 25.5 Å². The second-order valence-electron chi connectivity index (χ2n) is 2.22. The summed E-state index contributed by atoms with van der Waals surface area (Å²) in [6, 6.07) is 0. The second-order valence-corrected chi connectivity index (χ2v) is 2.22. The number of rotatable bonds is 3. The molecule has 0 radical (unpaired) electrons. The molecule has 0 saturated heterocycles. The van der Waals surface area contributed by atoms with E-state index in [4.69, 9.17) is 0 Å². The van der Waals surface area contributed by atoms with Crippen molar-refractivity contribution in [2.75, 3.05) is 20.6 Å². The van der Waals surface area contributed by atoms with Gasteiger partial charge < -0.3 is 4.90 Å². The first kappa shape index (κ1) is 8.44. The van der Waals surface area contributed by atoms with Gasteiger partial charge in [-0.2, -0.15) is 0 Å². The van der Waals surface area contributed by atoms with Crippen molar-refractivity contribution in [2.45, 2.75) is 6.92 Å². The molecule has 0 fully saturated rings. The lowest BCUT2D eigenvalue weighted by molar-refractivity contribution is 0.456. The summed E-state index contributed by atoms with van der Waals surface area (Å²) in [4.78, 5) is 2.12. The van der Waals surface area contributed by atoms with Crippen LogP contribution in [0.5, 0.6) is 0 Å². The highest BCUT2D eigenvalue weighted by Gasteiger charge is 1.78. The van der Waals surface area contributed by atoms with Gasteiger partial charge in [-0.25, -0.2) is 0 Å². The van der Waals surface area contributed by atoms with Crippen LogP contribution >= 0.6 is 0 Å². The lowest BCUT2D eigenvalue weighted by Crippen LogP contribution is -2.10. The summed E-state index contributed by atoms with van der Waals surface area (Å²) in [6.45, 7) is 3.03. The van der Waals surface area contributed by atoms with E-state index >= 15 is 0 Å². The Labute approximate surface area is 57.7 Å². The van der Waals surface area contributed by atoms with E-state index in [-0.39, 0.29) is 0 Å². The van der Waals surface area contributed by atoms with Crippen molar-refractivity contribution >= 4 is 0 Å². The lowest BCUT2D eigenvalue weighted by Gasteiger charge is -2.02. The molecule has 52 valence electrons. The summed E-state index contributed by atoms with van der Waals surface area (Å²) in [5.74, 6) is 0. The Kier molecular flexibility index (Phi) is 5.23. The first-order valence-corrected chi connectivity index (χ1v) is 3.20. The van der Waals surface area contributed by atoms with Gasteiger partial charge in [0.15, 0.2) is 0 Å². The predicted octanol–water partition coefficient (Wildman–Crippen LogP) is 1.68. The molecule has 9 heavy (non-hydrogen) atoms. The molecule has 0 heterocycles. The summed E-state index contributed by atoms with van der Waals surface area (Å²) in [7, 11) is 4.11. The first-order chi connectivity index (χ1) is 4.27. The molecule has 0 aromatic carbocycles. The highest BCUT2D eigenvalue weighted by atomic mass is 15.0. The third-order valence-electron chi connectivity index (χ3n) is 0.910. The van der Waals surface area contributed by atoms with Crippen molar-refractivity contribution in [1.82, 2.24) is 4.90 Å². The summed E-state index contributed by atoms with van der Waals surface area (Å²) in [5.41, 5.74) is 0. The SMILES string of the molecule is CC=CC=CCN(C)C. The van der Waals surface area contributed by atoms with Crippen molar-refractivity contribution in [3.05, 3.63) is 24.3 Å². The Morgan fingerprint density at radius 3 is 2.33 bits per heavy atom. The largest absolute Gasteiger partial charge is 0.306 e. The molecule has 0 bridgehead atoms. The minimum atomic E-state index is 1.02. The normalized spacial score (nSPS) is 12.4. The van der Waals surface area contributed by atoms with Crippen LogP contribution in [-0.2, 0) is 0 Å². The molecule has 0 saturated carbocycles. The average molecular weight is 125 g/mol. The van der Waals surface area contributed by atoms with Crippen LogP contribution in [0.3, 0.4) is 0 Å². The number of hydrogen-bond donors (Lipinski definition) is 0. The molecule has 0 atom stereocenters.